The fourth-order valence-electron chi connectivity index (χ4n) is 3.94. The van der Waals surface area contributed by atoms with Crippen LogP contribution in [0.5, 0.6) is 0 Å². The molecule has 0 aromatic rings. The standard InChI is InChI=1S/C18H20N4S/c19-5-3-14-1-2-17-18(11-14)13-23-12-15(18)16(4-6-21-17)22-9-7-20-8-10-22/h1-4,6,20H,7-13H2. The summed E-state index contributed by atoms with van der Waals surface area (Å²) in [5, 5.41) is 12.5. The van der Waals surface area contributed by atoms with Crippen molar-refractivity contribution in [2.75, 3.05) is 37.7 Å². The Balaban J connectivity index is 1.81. The molecule has 0 aromatic carbocycles. The minimum absolute atomic E-state index is 0.0220. The second kappa shape index (κ2) is 6.03. The first-order valence-electron chi connectivity index (χ1n) is 8.12. The summed E-state index contributed by atoms with van der Waals surface area (Å²) in [7, 11) is 0. The van der Waals surface area contributed by atoms with Crippen LogP contribution in [-0.4, -0.2) is 48.3 Å². The number of nitriles is 1. The van der Waals surface area contributed by atoms with E-state index >= 15 is 0 Å². The third-order valence-corrected chi connectivity index (χ3v) is 6.28. The molecule has 23 heavy (non-hydrogen) atoms. The first kappa shape index (κ1) is 14.8. The van der Waals surface area contributed by atoms with Gasteiger partial charge in [-0.25, -0.2) is 0 Å². The number of rotatable bonds is 1. The van der Waals surface area contributed by atoms with Crippen molar-refractivity contribution in [2.24, 2.45) is 10.4 Å². The zero-order valence-electron chi connectivity index (χ0n) is 13.1. The van der Waals surface area contributed by atoms with Gasteiger partial charge < -0.3 is 10.2 Å². The second-order valence-corrected chi connectivity index (χ2v) is 7.35. The quantitative estimate of drug-likeness (QED) is 0.752. The van der Waals surface area contributed by atoms with Gasteiger partial charge in [0.25, 0.3) is 0 Å². The maximum absolute atomic E-state index is 9.03. The van der Waals surface area contributed by atoms with Crippen LogP contribution in [0, 0.1) is 16.7 Å². The minimum Gasteiger partial charge on any atom is -0.369 e. The summed E-state index contributed by atoms with van der Waals surface area (Å²) in [4.78, 5) is 7.26. The molecule has 1 unspecified atom stereocenters. The van der Waals surface area contributed by atoms with Crippen molar-refractivity contribution in [3.8, 4) is 6.07 Å². The lowest BCUT2D eigenvalue weighted by molar-refractivity contribution is 0.301. The molecule has 0 aromatic heterocycles. The molecule has 5 heteroatoms. The van der Waals surface area contributed by atoms with Gasteiger partial charge in [-0.3, -0.25) is 4.99 Å². The molecule has 0 radical (unpaired) electrons. The highest BCUT2D eigenvalue weighted by molar-refractivity contribution is 7.99. The summed E-state index contributed by atoms with van der Waals surface area (Å²) in [6.45, 7) is 4.18. The molecule has 0 amide bonds. The highest BCUT2D eigenvalue weighted by atomic mass is 32.2. The van der Waals surface area contributed by atoms with Gasteiger partial charge in [-0.05, 0) is 29.7 Å². The average molecular weight is 324 g/mol. The van der Waals surface area contributed by atoms with Crippen LogP contribution in [0.25, 0.3) is 0 Å². The van der Waals surface area contributed by atoms with Gasteiger partial charge in [0, 0.05) is 61.1 Å². The van der Waals surface area contributed by atoms with Crippen molar-refractivity contribution >= 4 is 17.5 Å². The van der Waals surface area contributed by atoms with E-state index in [1.165, 1.54) is 11.3 Å². The fourth-order valence-corrected chi connectivity index (χ4v) is 5.44. The van der Waals surface area contributed by atoms with Crippen molar-refractivity contribution in [1.29, 1.82) is 5.26 Å². The number of allylic oxidation sites excluding steroid dienone is 5. The molecule has 0 bridgehead atoms. The molecule has 0 saturated carbocycles. The molecule has 118 valence electrons. The Morgan fingerprint density at radius 1 is 1.30 bits per heavy atom. The van der Waals surface area contributed by atoms with Crippen LogP contribution in [0.4, 0.5) is 0 Å². The van der Waals surface area contributed by atoms with E-state index in [2.05, 4.69) is 34.5 Å². The third-order valence-electron chi connectivity index (χ3n) is 5.09. The van der Waals surface area contributed by atoms with E-state index in [4.69, 9.17) is 10.3 Å². The smallest absolute Gasteiger partial charge is 0.0914 e. The lowest BCUT2D eigenvalue weighted by Crippen LogP contribution is -2.44. The molecule has 4 rings (SSSR count). The van der Waals surface area contributed by atoms with Crippen LogP contribution >= 0.6 is 11.8 Å². The molecule has 1 spiro atoms. The van der Waals surface area contributed by atoms with Crippen LogP contribution in [0.1, 0.15) is 6.42 Å². The summed E-state index contributed by atoms with van der Waals surface area (Å²) < 4.78 is 0. The molecule has 4 aliphatic rings. The predicted molar refractivity (Wildman–Crippen MR) is 95.3 cm³/mol. The summed E-state index contributed by atoms with van der Waals surface area (Å²) in [5.41, 5.74) is 5.13. The Hall–Kier alpha value is -1.77. The lowest BCUT2D eigenvalue weighted by atomic mass is 9.70. The van der Waals surface area contributed by atoms with Crippen LogP contribution in [-0.2, 0) is 0 Å². The van der Waals surface area contributed by atoms with Crippen molar-refractivity contribution in [2.45, 2.75) is 6.42 Å². The van der Waals surface area contributed by atoms with E-state index < -0.39 is 0 Å². The summed E-state index contributed by atoms with van der Waals surface area (Å²) in [6, 6.07) is 2.19. The number of aliphatic imine (C=N–C) groups is 1. The van der Waals surface area contributed by atoms with Gasteiger partial charge in [0.05, 0.1) is 11.8 Å². The summed E-state index contributed by atoms with van der Waals surface area (Å²) in [5.74, 6) is 2.13. The van der Waals surface area contributed by atoms with Crippen LogP contribution < -0.4 is 5.32 Å². The number of thioether (sulfide) groups is 1. The fraction of sp³-hybridized carbons (Fsp3) is 0.444. The van der Waals surface area contributed by atoms with Crippen LogP contribution in [0.3, 0.4) is 0 Å². The molecular weight excluding hydrogens is 304 g/mol. The number of nitrogens with one attached hydrogen (secondary N) is 1. The summed E-state index contributed by atoms with van der Waals surface area (Å²) in [6.07, 6.45) is 10.9. The maximum atomic E-state index is 9.03. The lowest BCUT2D eigenvalue weighted by Gasteiger charge is -2.37. The zero-order chi connectivity index (χ0) is 15.7. The minimum atomic E-state index is -0.0220. The van der Waals surface area contributed by atoms with Gasteiger partial charge >= 0.3 is 0 Å². The molecular formula is C18H20N4S. The molecule has 1 N–H and O–H groups in total. The predicted octanol–water partition coefficient (Wildman–Crippen LogP) is 2.26. The van der Waals surface area contributed by atoms with E-state index in [0.717, 1.165) is 55.4 Å². The molecule has 1 aliphatic carbocycles. The highest BCUT2D eigenvalue weighted by Crippen LogP contribution is 2.51. The molecule has 3 heterocycles. The Morgan fingerprint density at radius 2 is 2.17 bits per heavy atom. The van der Waals surface area contributed by atoms with Gasteiger partial charge in [-0.1, -0.05) is 6.08 Å². The Kier molecular flexibility index (Phi) is 3.88. The highest BCUT2D eigenvalue weighted by Gasteiger charge is 2.46. The van der Waals surface area contributed by atoms with Gasteiger partial charge in [0.2, 0.25) is 0 Å². The number of nitrogens with zero attached hydrogens (tertiary/aromatic N) is 3. The van der Waals surface area contributed by atoms with Crippen molar-refractivity contribution < 1.29 is 0 Å². The second-order valence-electron chi connectivity index (χ2n) is 6.36. The average Bonchev–Trinajstić information content (AvgIpc) is 2.91. The normalized spacial score (nSPS) is 31.5. The Labute approximate surface area is 141 Å². The molecule has 3 aliphatic heterocycles. The Bertz CT molecular complexity index is 701. The van der Waals surface area contributed by atoms with Gasteiger partial charge in [0.15, 0.2) is 0 Å². The number of piperazine rings is 1. The summed E-state index contributed by atoms with van der Waals surface area (Å²) >= 11 is 1.99. The largest absolute Gasteiger partial charge is 0.369 e. The third kappa shape index (κ3) is 2.46. The van der Waals surface area contributed by atoms with Crippen molar-refractivity contribution in [3.05, 3.63) is 47.3 Å². The number of hydrogen-bond donors (Lipinski definition) is 1. The van der Waals surface area contributed by atoms with Crippen LogP contribution in [0.15, 0.2) is 52.3 Å². The van der Waals surface area contributed by atoms with Crippen molar-refractivity contribution in [1.82, 2.24) is 10.2 Å². The van der Waals surface area contributed by atoms with Crippen LogP contribution in [0.2, 0.25) is 0 Å². The molecule has 2 fully saturated rings. The van der Waals surface area contributed by atoms with E-state index in [-0.39, 0.29) is 5.41 Å². The molecule has 4 nitrogen and oxygen atoms in total. The topological polar surface area (TPSA) is 51.4 Å². The van der Waals surface area contributed by atoms with E-state index in [1.807, 2.05) is 18.0 Å². The number of hydrogen-bond acceptors (Lipinski definition) is 5. The molecule has 1 atom stereocenters. The van der Waals surface area contributed by atoms with Gasteiger partial charge in [-0.15, -0.1) is 0 Å². The van der Waals surface area contributed by atoms with Crippen molar-refractivity contribution in [3.63, 3.8) is 0 Å². The van der Waals surface area contributed by atoms with E-state index in [9.17, 15) is 0 Å². The van der Waals surface area contributed by atoms with Gasteiger partial charge in [0.1, 0.15) is 0 Å². The maximum Gasteiger partial charge on any atom is 0.0914 e. The molecule has 2 saturated heterocycles. The SMILES string of the molecule is N#CC=C1C=CC2=NC=CC(N3CCNCC3)=C3CSCC23C1. The monoisotopic (exact) mass is 324 g/mol. The van der Waals surface area contributed by atoms with Gasteiger partial charge in [-0.2, -0.15) is 17.0 Å². The Morgan fingerprint density at radius 3 is 3.00 bits per heavy atom. The first-order chi connectivity index (χ1) is 11.3. The van der Waals surface area contributed by atoms with E-state index in [0.29, 0.717) is 0 Å². The zero-order valence-corrected chi connectivity index (χ0v) is 13.9. The van der Waals surface area contributed by atoms with E-state index in [1.54, 1.807) is 6.08 Å². The first-order valence-corrected chi connectivity index (χ1v) is 9.27.